The van der Waals surface area contributed by atoms with E-state index in [-0.39, 0.29) is 12.5 Å². The molecule has 2 aromatic rings. The Balaban J connectivity index is 1.77. The van der Waals surface area contributed by atoms with Crippen LogP contribution in [0.15, 0.2) is 59.6 Å². The van der Waals surface area contributed by atoms with E-state index in [9.17, 15) is 4.79 Å². The van der Waals surface area contributed by atoms with Gasteiger partial charge in [0.2, 0.25) is 5.96 Å². The molecule has 5 nitrogen and oxygen atoms in total. The molecule has 0 spiro atoms. The summed E-state index contributed by atoms with van der Waals surface area (Å²) < 4.78 is 5.42. The molecule has 0 unspecified atom stereocenters. The number of benzene rings is 2. The summed E-state index contributed by atoms with van der Waals surface area (Å²) in [6.07, 6.45) is 0. The molecule has 1 heterocycles. The number of para-hydroxylation sites is 1. The lowest BCUT2D eigenvalue weighted by Gasteiger charge is -2.19. The van der Waals surface area contributed by atoms with Gasteiger partial charge in [-0.3, -0.25) is 4.79 Å². The fourth-order valence-electron chi connectivity index (χ4n) is 2.27. The van der Waals surface area contributed by atoms with Crippen LogP contribution in [0.5, 0.6) is 5.75 Å². The summed E-state index contributed by atoms with van der Waals surface area (Å²) in [7, 11) is 0. The molecular formula is C17H17N3O2. The molecule has 2 aromatic carbocycles. The summed E-state index contributed by atoms with van der Waals surface area (Å²) in [5.41, 5.74) is 1.67. The Hall–Kier alpha value is -2.82. The lowest BCUT2D eigenvalue weighted by molar-refractivity contribution is -0.115. The predicted molar refractivity (Wildman–Crippen MR) is 87.5 cm³/mol. The third-order valence-electron chi connectivity index (χ3n) is 3.26. The number of nitrogens with one attached hydrogen (secondary N) is 1. The molecule has 0 radical (unpaired) electrons. The van der Waals surface area contributed by atoms with Gasteiger partial charge in [-0.1, -0.05) is 18.2 Å². The van der Waals surface area contributed by atoms with Crippen molar-refractivity contribution in [2.24, 2.45) is 4.99 Å². The van der Waals surface area contributed by atoms with Crippen LogP contribution in [0.1, 0.15) is 6.92 Å². The zero-order chi connectivity index (χ0) is 15.4. The quantitative estimate of drug-likeness (QED) is 0.943. The first-order chi connectivity index (χ1) is 10.8. The van der Waals surface area contributed by atoms with Crippen molar-refractivity contribution in [2.75, 3.05) is 23.4 Å². The monoisotopic (exact) mass is 295 g/mol. The molecule has 22 heavy (non-hydrogen) atoms. The van der Waals surface area contributed by atoms with Crippen molar-refractivity contribution in [1.29, 1.82) is 0 Å². The Bertz CT molecular complexity index is 681. The largest absolute Gasteiger partial charge is 0.494 e. The highest BCUT2D eigenvalue weighted by Gasteiger charge is 2.26. The Kier molecular flexibility index (Phi) is 4.05. The summed E-state index contributed by atoms with van der Waals surface area (Å²) in [6, 6.07) is 17.1. The Morgan fingerprint density at radius 2 is 1.86 bits per heavy atom. The summed E-state index contributed by atoms with van der Waals surface area (Å²) in [4.78, 5) is 17.9. The third kappa shape index (κ3) is 2.93. The van der Waals surface area contributed by atoms with Crippen molar-refractivity contribution in [3.05, 3.63) is 54.6 Å². The van der Waals surface area contributed by atoms with Crippen LogP contribution in [-0.4, -0.2) is 25.0 Å². The average molecular weight is 295 g/mol. The zero-order valence-corrected chi connectivity index (χ0v) is 12.3. The molecule has 0 atom stereocenters. The van der Waals surface area contributed by atoms with Crippen molar-refractivity contribution >= 4 is 23.2 Å². The van der Waals surface area contributed by atoms with E-state index < -0.39 is 0 Å². The molecule has 0 fully saturated rings. The standard InChI is InChI=1S/C17H17N3O2/c1-2-22-15-10-8-13(9-11-15)19-17-18-12-16(21)20(17)14-6-4-3-5-7-14/h3-11H,2,12H2,1H3,(H,18,19). The minimum absolute atomic E-state index is 0.0420. The van der Waals surface area contributed by atoms with Crippen LogP contribution in [0.25, 0.3) is 0 Å². The average Bonchev–Trinajstić information content (AvgIpc) is 2.91. The molecule has 1 aliphatic heterocycles. The van der Waals surface area contributed by atoms with E-state index in [0.29, 0.717) is 12.6 Å². The highest BCUT2D eigenvalue weighted by molar-refractivity contribution is 6.24. The van der Waals surface area contributed by atoms with Gasteiger partial charge < -0.3 is 10.1 Å². The molecule has 0 bridgehead atoms. The molecule has 1 aliphatic rings. The number of nitrogens with zero attached hydrogens (tertiary/aromatic N) is 2. The second kappa shape index (κ2) is 6.30. The molecule has 0 aliphatic carbocycles. The molecular weight excluding hydrogens is 278 g/mol. The van der Waals surface area contributed by atoms with Gasteiger partial charge in [0.25, 0.3) is 5.91 Å². The number of carbonyl (C=O) groups excluding carboxylic acids is 1. The maximum Gasteiger partial charge on any atom is 0.255 e. The van der Waals surface area contributed by atoms with Crippen molar-refractivity contribution in [1.82, 2.24) is 0 Å². The first-order valence-corrected chi connectivity index (χ1v) is 7.20. The van der Waals surface area contributed by atoms with E-state index in [1.54, 1.807) is 4.90 Å². The van der Waals surface area contributed by atoms with E-state index in [4.69, 9.17) is 4.74 Å². The van der Waals surface area contributed by atoms with Crippen molar-refractivity contribution in [3.63, 3.8) is 0 Å². The maximum atomic E-state index is 12.1. The van der Waals surface area contributed by atoms with Gasteiger partial charge >= 0.3 is 0 Å². The van der Waals surface area contributed by atoms with E-state index in [1.165, 1.54) is 0 Å². The Morgan fingerprint density at radius 3 is 2.55 bits per heavy atom. The van der Waals surface area contributed by atoms with Gasteiger partial charge in [0, 0.05) is 5.69 Å². The Morgan fingerprint density at radius 1 is 1.14 bits per heavy atom. The number of rotatable bonds is 4. The summed E-state index contributed by atoms with van der Waals surface area (Å²) in [6.45, 7) is 2.74. The van der Waals surface area contributed by atoms with Crippen LogP contribution in [0.3, 0.4) is 0 Å². The second-order valence-corrected chi connectivity index (χ2v) is 4.79. The van der Waals surface area contributed by atoms with Crippen molar-refractivity contribution in [2.45, 2.75) is 6.92 Å². The van der Waals surface area contributed by atoms with Crippen molar-refractivity contribution < 1.29 is 9.53 Å². The van der Waals surface area contributed by atoms with Gasteiger partial charge in [-0.05, 0) is 43.3 Å². The van der Waals surface area contributed by atoms with Crippen LogP contribution in [0.2, 0.25) is 0 Å². The molecule has 1 amide bonds. The van der Waals surface area contributed by atoms with Gasteiger partial charge in [0.15, 0.2) is 0 Å². The second-order valence-electron chi connectivity index (χ2n) is 4.79. The van der Waals surface area contributed by atoms with Crippen molar-refractivity contribution in [3.8, 4) is 5.75 Å². The normalized spacial score (nSPS) is 14.0. The number of hydrogen-bond acceptors (Lipinski definition) is 4. The number of guanidine groups is 1. The van der Waals surface area contributed by atoms with Crippen LogP contribution in [0.4, 0.5) is 11.4 Å². The fourth-order valence-corrected chi connectivity index (χ4v) is 2.27. The zero-order valence-electron chi connectivity index (χ0n) is 12.3. The van der Waals surface area contributed by atoms with Crippen LogP contribution >= 0.6 is 0 Å². The van der Waals surface area contributed by atoms with Gasteiger partial charge in [0.05, 0.1) is 12.3 Å². The number of anilines is 2. The summed E-state index contributed by atoms with van der Waals surface area (Å²) in [5.74, 6) is 1.32. The van der Waals surface area contributed by atoms with Gasteiger partial charge in [-0.15, -0.1) is 0 Å². The SMILES string of the molecule is CCOc1ccc(NC2=NCC(=O)N2c2ccccc2)cc1. The topological polar surface area (TPSA) is 53.9 Å². The van der Waals surface area contributed by atoms with Crippen LogP contribution < -0.4 is 15.0 Å². The van der Waals surface area contributed by atoms with E-state index in [0.717, 1.165) is 17.1 Å². The Labute approximate surface area is 129 Å². The van der Waals surface area contributed by atoms with E-state index >= 15 is 0 Å². The lowest BCUT2D eigenvalue weighted by atomic mass is 10.3. The molecule has 0 saturated carbocycles. The predicted octanol–water partition coefficient (Wildman–Crippen LogP) is 2.90. The number of carbonyl (C=O) groups is 1. The molecule has 0 aromatic heterocycles. The van der Waals surface area contributed by atoms with Gasteiger partial charge in [0.1, 0.15) is 12.3 Å². The number of aliphatic imine (C=N–C) groups is 1. The molecule has 0 saturated heterocycles. The first kappa shape index (κ1) is 14.1. The number of ether oxygens (including phenoxy) is 1. The van der Waals surface area contributed by atoms with E-state index in [2.05, 4.69) is 10.3 Å². The molecule has 112 valence electrons. The maximum absolute atomic E-state index is 12.1. The minimum atomic E-state index is -0.0420. The molecule has 1 N–H and O–H groups in total. The first-order valence-electron chi connectivity index (χ1n) is 7.20. The number of amides is 1. The third-order valence-corrected chi connectivity index (χ3v) is 3.26. The molecule has 5 heteroatoms. The van der Waals surface area contributed by atoms with E-state index in [1.807, 2.05) is 61.5 Å². The minimum Gasteiger partial charge on any atom is -0.494 e. The smallest absolute Gasteiger partial charge is 0.255 e. The highest BCUT2D eigenvalue weighted by Crippen LogP contribution is 2.21. The van der Waals surface area contributed by atoms with Crippen LogP contribution in [-0.2, 0) is 4.79 Å². The van der Waals surface area contributed by atoms with Gasteiger partial charge in [-0.2, -0.15) is 0 Å². The van der Waals surface area contributed by atoms with Gasteiger partial charge in [-0.25, -0.2) is 9.89 Å². The lowest BCUT2D eigenvalue weighted by Crippen LogP contribution is -2.36. The summed E-state index contributed by atoms with van der Waals surface area (Å²) in [5, 5.41) is 3.19. The van der Waals surface area contributed by atoms with Crippen LogP contribution in [0, 0.1) is 0 Å². The molecule has 3 rings (SSSR count). The summed E-state index contributed by atoms with van der Waals surface area (Å²) >= 11 is 0. The highest BCUT2D eigenvalue weighted by atomic mass is 16.5. The number of hydrogen-bond donors (Lipinski definition) is 1. The fraction of sp³-hybridized carbons (Fsp3) is 0.176.